The zero-order chi connectivity index (χ0) is 28.1. The Morgan fingerprint density at radius 3 is 1.88 bits per heavy atom. The number of hydrogen-bond donors (Lipinski definition) is 0. The lowest BCUT2D eigenvalue weighted by molar-refractivity contribution is -0.131. The van der Waals surface area contributed by atoms with Crippen LogP contribution in [0.25, 0.3) is 10.9 Å². The van der Waals surface area contributed by atoms with Gasteiger partial charge in [-0.1, -0.05) is 78.9 Å². The van der Waals surface area contributed by atoms with Crippen LogP contribution in [-0.2, 0) is 16.1 Å². The highest BCUT2D eigenvalue weighted by Gasteiger charge is 2.32. The molecule has 0 saturated carbocycles. The molecular weight excluding hydrogens is 500 g/mol. The SMILES string of the molecule is CCN(CC)C(=O)Cn1cc(C(=O)C(=O)N2CCN(C(c3ccccc3)c3ccccc3)CC2)c2ccccc21. The molecule has 1 aliphatic heterocycles. The number of ketones is 1. The van der Waals surface area contributed by atoms with E-state index in [0.717, 1.165) is 5.52 Å². The number of para-hydroxylation sites is 1. The van der Waals surface area contributed by atoms with E-state index in [-0.39, 0.29) is 18.5 Å². The minimum absolute atomic E-state index is 0.0152. The van der Waals surface area contributed by atoms with Crippen molar-refractivity contribution in [2.75, 3.05) is 39.3 Å². The Bertz CT molecular complexity index is 1430. The minimum atomic E-state index is -0.527. The molecule has 7 heteroatoms. The lowest BCUT2D eigenvalue weighted by Crippen LogP contribution is -2.51. The highest BCUT2D eigenvalue weighted by molar-refractivity contribution is 6.44. The van der Waals surface area contributed by atoms with Crippen molar-refractivity contribution in [1.82, 2.24) is 19.3 Å². The van der Waals surface area contributed by atoms with Gasteiger partial charge >= 0.3 is 0 Å². The second-order valence-electron chi connectivity index (χ2n) is 10.1. The van der Waals surface area contributed by atoms with Crippen molar-refractivity contribution in [1.29, 1.82) is 0 Å². The van der Waals surface area contributed by atoms with Crippen LogP contribution < -0.4 is 0 Å². The number of rotatable bonds is 9. The molecule has 1 fully saturated rings. The van der Waals surface area contributed by atoms with E-state index in [0.29, 0.717) is 50.2 Å². The standard InChI is InChI=1S/C33H36N4O3/c1-3-34(4-2)30(38)24-37-23-28(27-17-11-12-18-29(27)37)32(39)33(40)36-21-19-35(20-22-36)31(25-13-7-5-8-14-25)26-15-9-6-10-16-26/h5-18,23,31H,3-4,19-22,24H2,1-2H3. The minimum Gasteiger partial charge on any atom is -0.342 e. The first-order chi connectivity index (χ1) is 19.5. The van der Waals surface area contributed by atoms with Crippen LogP contribution in [0.4, 0.5) is 0 Å². The summed E-state index contributed by atoms with van der Waals surface area (Å²) in [5, 5.41) is 0.694. The summed E-state index contributed by atoms with van der Waals surface area (Å²) in [6, 6.07) is 28.3. The summed E-state index contributed by atoms with van der Waals surface area (Å²) in [4.78, 5) is 45.6. The van der Waals surface area contributed by atoms with Crippen LogP contribution in [0.2, 0.25) is 0 Å². The van der Waals surface area contributed by atoms with Crippen molar-refractivity contribution in [3.63, 3.8) is 0 Å². The second kappa shape index (κ2) is 12.3. The van der Waals surface area contributed by atoms with Gasteiger partial charge in [0.2, 0.25) is 5.91 Å². The number of aromatic nitrogens is 1. The van der Waals surface area contributed by atoms with Crippen molar-refractivity contribution < 1.29 is 14.4 Å². The molecule has 4 aromatic rings. The number of likely N-dealkylation sites (N-methyl/N-ethyl adjacent to an activating group) is 1. The molecule has 2 heterocycles. The third kappa shape index (κ3) is 5.56. The van der Waals surface area contributed by atoms with Gasteiger partial charge in [-0.2, -0.15) is 0 Å². The van der Waals surface area contributed by atoms with Gasteiger partial charge in [0, 0.05) is 56.4 Å². The van der Waals surface area contributed by atoms with Gasteiger partial charge in [-0.3, -0.25) is 19.3 Å². The molecule has 0 atom stereocenters. The molecule has 40 heavy (non-hydrogen) atoms. The maximum Gasteiger partial charge on any atom is 0.295 e. The number of fused-ring (bicyclic) bond motifs is 1. The van der Waals surface area contributed by atoms with Gasteiger partial charge < -0.3 is 14.4 Å². The predicted octanol–water partition coefficient (Wildman–Crippen LogP) is 4.63. The van der Waals surface area contributed by atoms with Gasteiger partial charge in [-0.25, -0.2) is 0 Å². The third-order valence-electron chi connectivity index (χ3n) is 7.85. The quantitative estimate of drug-likeness (QED) is 0.231. The molecule has 2 amide bonds. The van der Waals surface area contributed by atoms with Crippen molar-refractivity contribution in [3.8, 4) is 0 Å². The average Bonchev–Trinajstić information content (AvgIpc) is 3.37. The van der Waals surface area contributed by atoms with E-state index in [4.69, 9.17) is 0 Å². The molecular formula is C33H36N4O3. The van der Waals surface area contributed by atoms with Crippen LogP contribution in [0.15, 0.2) is 91.1 Å². The van der Waals surface area contributed by atoms with E-state index in [9.17, 15) is 14.4 Å². The van der Waals surface area contributed by atoms with Gasteiger partial charge in [0.05, 0.1) is 11.6 Å². The molecule has 0 radical (unpaired) electrons. The normalized spacial score (nSPS) is 14.0. The van der Waals surface area contributed by atoms with Crippen molar-refractivity contribution in [2.45, 2.75) is 26.4 Å². The number of piperazine rings is 1. The zero-order valence-electron chi connectivity index (χ0n) is 23.2. The van der Waals surface area contributed by atoms with E-state index in [1.165, 1.54) is 11.1 Å². The van der Waals surface area contributed by atoms with Gasteiger partial charge in [0.15, 0.2) is 0 Å². The van der Waals surface area contributed by atoms with E-state index in [1.807, 2.05) is 50.2 Å². The lowest BCUT2D eigenvalue weighted by Gasteiger charge is -2.39. The van der Waals surface area contributed by atoms with E-state index in [1.54, 1.807) is 20.6 Å². The van der Waals surface area contributed by atoms with Gasteiger partial charge in [0.25, 0.3) is 11.7 Å². The Morgan fingerprint density at radius 1 is 0.750 bits per heavy atom. The zero-order valence-corrected chi connectivity index (χ0v) is 23.2. The molecule has 1 saturated heterocycles. The summed E-state index contributed by atoms with van der Waals surface area (Å²) in [6.45, 7) is 7.54. The summed E-state index contributed by atoms with van der Waals surface area (Å²) in [5.41, 5.74) is 3.53. The first kappa shape index (κ1) is 27.3. The van der Waals surface area contributed by atoms with E-state index < -0.39 is 11.7 Å². The summed E-state index contributed by atoms with van der Waals surface area (Å²) >= 11 is 0. The molecule has 206 valence electrons. The summed E-state index contributed by atoms with van der Waals surface area (Å²) in [7, 11) is 0. The van der Waals surface area contributed by atoms with Gasteiger partial charge in [-0.05, 0) is 31.0 Å². The number of nitrogens with zero attached hydrogens (tertiary/aromatic N) is 4. The molecule has 0 N–H and O–H groups in total. The Balaban J connectivity index is 1.33. The highest BCUT2D eigenvalue weighted by atomic mass is 16.2. The molecule has 0 aliphatic carbocycles. The number of Topliss-reactive ketones (excluding diaryl/α,β-unsaturated/α-hetero) is 1. The number of carbonyl (C=O) groups is 3. The molecule has 0 unspecified atom stereocenters. The Morgan fingerprint density at radius 2 is 1.30 bits per heavy atom. The summed E-state index contributed by atoms with van der Waals surface area (Å²) in [6.07, 6.45) is 1.67. The lowest BCUT2D eigenvalue weighted by atomic mass is 9.96. The fourth-order valence-electron chi connectivity index (χ4n) is 5.71. The van der Waals surface area contributed by atoms with Crippen LogP contribution in [0.3, 0.4) is 0 Å². The van der Waals surface area contributed by atoms with E-state index >= 15 is 0 Å². The second-order valence-corrected chi connectivity index (χ2v) is 10.1. The van der Waals surface area contributed by atoms with Crippen molar-refractivity contribution >= 4 is 28.5 Å². The third-order valence-corrected chi connectivity index (χ3v) is 7.85. The number of carbonyl (C=O) groups excluding carboxylic acids is 3. The molecule has 3 aromatic carbocycles. The monoisotopic (exact) mass is 536 g/mol. The van der Waals surface area contributed by atoms with Crippen molar-refractivity contribution in [2.24, 2.45) is 0 Å². The Hall–Kier alpha value is -4.23. The highest BCUT2D eigenvalue weighted by Crippen LogP contribution is 2.30. The van der Waals surface area contributed by atoms with Gasteiger partial charge in [-0.15, -0.1) is 0 Å². The molecule has 1 aliphatic rings. The summed E-state index contributed by atoms with van der Waals surface area (Å²) < 4.78 is 1.79. The Kier molecular flexibility index (Phi) is 8.41. The van der Waals surface area contributed by atoms with Crippen LogP contribution >= 0.6 is 0 Å². The first-order valence-electron chi connectivity index (χ1n) is 14.0. The maximum absolute atomic E-state index is 13.5. The molecule has 0 bridgehead atoms. The topological polar surface area (TPSA) is 65.9 Å². The Labute approximate surface area is 235 Å². The smallest absolute Gasteiger partial charge is 0.295 e. The fourth-order valence-corrected chi connectivity index (χ4v) is 5.71. The largest absolute Gasteiger partial charge is 0.342 e. The molecule has 7 nitrogen and oxygen atoms in total. The van der Waals surface area contributed by atoms with Crippen LogP contribution in [0.1, 0.15) is 41.4 Å². The molecule has 5 rings (SSSR count). The van der Waals surface area contributed by atoms with Crippen LogP contribution in [0.5, 0.6) is 0 Å². The molecule has 1 aromatic heterocycles. The van der Waals surface area contributed by atoms with Crippen LogP contribution in [-0.4, -0.2) is 76.1 Å². The van der Waals surface area contributed by atoms with Crippen molar-refractivity contribution in [3.05, 3.63) is 108 Å². The number of benzene rings is 3. The maximum atomic E-state index is 13.5. The first-order valence-corrected chi connectivity index (χ1v) is 14.0. The average molecular weight is 537 g/mol. The van der Waals surface area contributed by atoms with E-state index in [2.05, 4.69) is 53.4 Å². The predicted molar refractivity (Wildman–Crippen MR) is 157 cm³/mol. The van der Waals surface area contributed by atoms with Crippen LogP contribution in [0, 0.1) is 0 Å². The fraction of sp³-hybridized carbons (Fsp3) is 0.303. The summed E-state index contributed by atoms with van der Waals surface area (Å²) in [5.74, 6) is -1.03. The number of hydrogen-bond acceptors (Lipinski definition) is 4. The van der Waals surface area contributed by atoms with Gasteiger partial charge in [0.1, 0.15) is 6.54 Å². The molecule has 0 spiro atoms. The number of amides is 2.